The lowest BCUT2D eigenvalue weighted by molar-refractivity contribution is -0.140. The maximum atomic E-state index is 13.0. The Hall–Kier alpha value is -1.75. The molecular weight excluding hydrogens is 408 g/mol. The lowest BCUT2D eigenvalue weighted by atomic mass is 9.85. The van der Waals surface area contributed by atoms with Crippen LogP contribution in [0.2, 0.25) is 0 Å². The zero-order chi connectivity index (χ0) is 23.4. The number of rotatable bonds is 14. The average molecular weight is 447 g/mol. The van der Waals surface area contributed by atoms with Crippen molar-refractivity contribution in [2.24, 2.45) is 5.41 Å². The molecular formula is C21H38N2O8. The number of aliphatic carboxylic acids is 1. The van der Waals surface area contributed by atoms with Crippen molar-refractivity contribution in [2.75, 3.05) is 46.2 Å². The Bertz CT molecular complexity index is 578. The molecule has 0 aliphatic carbocycles. The molecule has 0 spiro atoms. The number of carbonyl (C=O) groups is 3. The van der Waals surface area contributed by atoms with E-state index in [0.29, 0.717) is 32.8 Å². The highest BCUT2D eigenvalue weighted by atomic mass is 16.5. The number of likely N-dealkylation sites (tertiary alicyclic amines) is 1. The summed E-state index contributed by atoms with van der Waals surface area (Å²) < 4.78 is 15.8. The highest BCUT2D eigenvalue weighted by molar-refractivity contribution is 5.88. The SMILES string of the molecule is C[C@@H]1C[C@@H](O)CN1C(=O)[C@@H](NC(=O)CCOCCOCCOCCC(=O)O)C(C)(C)C. The smallest absolute Gasteiger partial charge is 0.305 e. The molecule has 1 fully saturated rings. The van der Waals surface area contributed by atoms with Crippen LogP contribution in [0.15, 0.2) is 0 Å². The topological polar surface area (TPSA) is 135 Å². The minimum atomic E-state index is -0.902. The molecule has 10 heteroatoms. The predicted octanol–water partition coefficient (Wildman–Crippen LogP) is 0.414. The number of carbonyl (C=O) groups excluding carboxylic acids is 2. The molecule has 1 aliphatic rings. The molecule has 0 radical (unpaired) electrons. The van der Waals surface area contributed by atoms with Crippen LogP contribution in [0.1, 0.15) is 47.0 Å². The summed E-state index contributed by atoms with van der Waals surface area (Å²) in [5.74, 6) is -1.35. The molecule has 1 aliphatic heterocycles. The molecule has 1 rings (SSSR count). The summed E-state index contributed by atoms with van der Waals surface area (Å²) in [4.78, 5) is 37.3. The molecule has 10 nitrogen and oxygen atoms in total. The van der Waals surface area contributed by atoms with Crippen molar-refractivity contribution in [2.45, 2.75) is 65.1 Å². The van der Waals surface area contributed by atoms with Crippen LogP contribution in [0.3, 0.4) is 0 Å². The number of nitrogens with one attached hydrogen (secondary N) is 1. The van der Waals surface area contributed by atoms with E-state index < -0.39 is 23.5 Å². The van der Waals surface area contributed by atoms with Gasteiger partial charge in [0.05, 0.1) is 52.2 Å². The summed E-state index contributed by atoms with van der Waals surface area (Å²) in [5, 5.41) is 21.1. The van der Waals surface area contributed by atoms with Gasteiger partial charge in [-0.15, -0.1) is 0 Å². The van der Waals surface area contributed by atoms with Crippen LogP contribution in [-0.4, -0.2) is 97.3 Å². The van der Waals surface area contributed by atoms with E-state index in [9.17, 15) is 19.5 Å². The quantitative estimate of drug-likeness (QED) is 0.327. The van der Waals surface area contributed by atoms with Gasteiger partial charge in [-0.05, 0) is 18.8 Å². The normalized spacial score (nSPS) is 20.0. The Morgan fingerprint density at radius 3 is 1.97 bits per heavy atom. The van der Waals surface area contributed by atoms with Gasteiger partial charge in [-0.2, -0.15) is 0 Å². The Kier molecular flexibility index (Phi) is 12.0. The molecule has 1 heterocycles. The largest absolute Gasteiger partial charge is 0.481 e. The summed E-state index contributed by atoms with van der Waals surface area (Å²) in [5.41, 5.74) is -0.471. The number of aliphatic hydroxyl groups is 1. The van der Waals surface area contributed by atoms with Gasteiger partial charge in [0.1, 0.15) is 6.04 Å². The lowest BCUT2D eigenvalue weighted by Crippen LogP contribution is -2.55. The summed E-state index contributed by atoms with van der Waals surface area (Å²) in [7, 11) is 0. The number of nitrogens with zero attached hydrogens (tertiary/aromatic N) is 1. The standard InChI is InChI=1S/C21H38N2O8/c1-15-13-16(24)14-23(15)20(28)19(21(2,3)4)22-17(25)5-7-29-9-11-31-12-10-30-8-6-18(26)27/h15-16,19,24H,5-14H2,1-4H3,(H,22,25)(H,26,27)/t15-,16-,19-/m1/s1. The van der Waals surface area contributed by atoms with Crippen molar-refractivity contribution >= 4 is 17.8 Å². The molecule has 0 unspecified atom stereocenters. The van der Waals surface area contributed by atoms with Crippen LogP contribution in [-0.2, 0) is 28.6 Å². The molecule has 31 heavy (non-hydrogen) atoms. The Balaban J connectivity index is 2.24. The second-order valence-corrected chi connectivity index (χ2v) is 8.83. The van der Waals surface area contributed by atoms with Crippen molar-refractivity contribution in [3.63, 3.8) is 0 Å². The van der Waals surface area contributed by atoms with Gasteiger partial charge in [0.15, 0.2) is 0 Å². The van der Waals surface area contributed by atoms with Gasteiger partial charge < -0.3 is 34.6 Å². The van der Waals surface area contributed by atoms with Gasteiger partial charge in [-0.25, -0.2) is 0 Å². The van der Waals surface area contributed by atoms with Crippen molar-refractivity contribution in [1.82, 2.24) is 10.2 Å². The fourth-order valence-corrected chi connectivity index (χ4v) is 3.22. The van der Waals surface area contributed by atoms with E-state index in [-0.39, 0.29) is 50.5 Å². The summed E-state index contributed by atoms with van der Waals surface area (Å²) in [6.45, 7) is 9.52. The number of ether oxygens (including phenoxy) is 3. The molecule has 3 N–H and O–H groups in total. The van der Waals surface area contributed by atoms with Crippen LogP contribution in [0.4, 0.5) is 0 Å². The molecule has 0 aromatic carbocycles. The highest BCUT2D eigenvalue weighted by Crippen LogP contribution is 2.25. The van der Waals surface area contributed by atoms with Crippen molar-refractivity contribution in [3.8, 4) is 0 Å². The first-order chi connectivity index (χ1) is 14.5. The zero-order valence-corrected chi connectivity index (χ0v) is 19.1. The molecule has 3 atom stereocenters. The molecule has 1 saturated heterocycles. The van der Waals surface area contributed by atoms with Crippen LogP contribution < -0.4 is 5.32 Å². The number of hydrogen-bond donors (Lipinski definition) is 3. The first-order valence-electron chi connectivity index (χ1n) is 10.7. The summed E-state index contributed by atoms with van der Waals surface area (Å²) >= 11 is 0. The molecule has 180 valence electrons. The van der Waals surface area contributed by atoms with E-state index in [1.165, 1.54) is 0 Å². The van der Waals surface area contributed by atoms with Gasteiger partial charge in [0, 0.05) is 19.0 Å². The first kappa shape index (κ1) is 27.3. The fraction of sp³-hybridized carbons (Fsp3) is 0.857. The van der Waals surface area contributed by atoms with Crippen molar-refractivity contribution in [1.29, 1.82) is 0 Å². The Labute approximate surface area is 184 Å². The minimum Gasteiger partial charge on any atom is -0.481 e. The van der Waals surface area contributed by atoms with Gasteiger partial charge in [-0.3, -0.25) is 14.4 Å². The number of amides is 2. The van der Waals surface area contributed by atoms with Gasteiger partial charge in [0.25, 0.3) is 0 Å². The Morgan fingerprint density at radius 1 is 1.00 bits per heavy atom. The summed E-state index contributed by atoms with van der Waals surface area (Å²) in [6.07, 6.45) is 0.102. The van der Waals surface area contributed by atoms with Crippen molar-refractivity contribution in [3.05, 3.63) is 0 Å². The maximum Gasteiger partial charge on any atom is 0.305 e. The van der Waals surface area contributed by atoms with E-state index >= 15 is 0 Å². The predicted molar refractivity (Wildman–Crippen MR) is 113 cm³/mol. The fourth-order valence-electron chi connectivity index (χ4n) is 3.22. The first-order valence-corrected chi connectivity index (χ1v) is 10.7. The molecule has 0 aromatic heterocycles. The van der Waals surface area contributed by atoms with Crippen LogP contribution >= 0.6 is 0 Å². The molecule has 2 amide bonds. The third-order valence-electron chi connectivity index (χ3n) is 4.93. The number of hydrogen-bond acceptors (Lipinski definition) is 7. The third kappa shape index (κ3) is 10.9. The highest BCUT2D eigenvalue weighted by Gasteiger charge is 2.40. The minimum absolute atomic E-state index is 0.0359. The van der Waals surface area contributed by atoms with Gasteiger partial charge in [0.2, 0.25) is 11.8 Å². The van der Waals surface area contributed by atoms with E-state index in [2.05, 4.69) is 5.32 Å². The number of carboxylic acids is 1. The second kappa shape index (κ2) is 13.6. The average Bonchev–Trinajstić information content (AvgIpc) is 3.00. The van der Waals surface area contributed by atoms with Crippen molar-refractivity contribution < 1.29 is 38.8 Å². The molecule has 0 bridgehead atoms. The molecule has 0 aromatic rings. The van der Waals surface area contributed by atoms with E-state index in [1.54, 1.807) is 4.90 Å². The Morgan fingerprint density at radius 2 is 1.52 bits per heavy atom. The van der Waals surface area contributed by atoms with Gasteiger partial charge >= 0.3 is 5.97 Å². The van der Waals surface area contributed by atoms with Crippen LogP contribution in [0, 0.1) is 5.41 Å². The van der Waals surface area contributed by atoms with Crippen LogP contribution in [0.25, 0.3) is 0 Å². The third-order valence-corrected chi connectivity index (χ3v) is 4.93. The van der Waals surface area contributed by atoms with Gasteiger partial charge in [-0.1, -0.05) is 20.8 Å². The number of carboxylic acid groups (broad SMARTS) is 1. The summed E-state index contributed by atoms with van der Waals surface area (Å²) in [6, 6.07) is -0.743. The molecule has 0 saturated carbocycles. The van der Waals surface area contributed by atoms with E-state index in [0.717, 1.165) is 0 Å². The number of aliphatic hydroxyl groups excluding tert-OH is 1. The lowest BCUT2D eigenvalue weighted by Gasteiger charge is -2.35. The zero-order valence-electron chi connectivity index (χ0n) is 19.1. The monoisotopic (exact) mass is 446 g/mol. The second-order valence-electron chi connectivity index (χ2n) is 8.83. The number of β-amino-alcohol motifs (C(OH)–C–C–N with tert-alkyl or cyclic N) is 1. The van der Waals surface area contributed by atoms with Crippen LogP contribution in [0.5, 0.6) is 0 Å². The van der Waals surface area contributed by atoms with E-state index in [4.69, 9.17) is 19.3 Å². The maximum absolute atomic E-state index is 13.0. The van der Waals surface area contributed by atoms with E-state index in [1.807, 2.05) is 27.7 Å².